The molecule has 30 heteroatoms. The number of non-ortho nitro benzene ring substituents is 4. The number of rotatable bonds is 16. The number of hydrogen-bond acceptors (Lipinski definition) is 20. The van der Waals surface area contributed by atoms with E-state index in [1.165, 1.54) is 0 Å². The molecule has 0 bridgehead atoms. The van der Waals surface area contributed by atoms with Crippen LogP contribution in [0.2, 0.25) is 0 Å². The van der Waals surface area contributed by atoms with E-state index >= 15 is 0 Å². The van der Waals surface area contributed by atoms with Crippen molar-refractivity contribution < 1.29 is 71.0 Å². The fourth-order valence-corrected chi connectivity index (χ4v) is 6.25. The Balaban J connectivity index is 0.000000290. The molecule has 0 aliphatic carbocycles. The van der Waals surface area contributed by atoms with Gasteiger partial charge in [-0.25, -0.2) is 0 Å². The van der Waals surface area contributed by atoms with Crippen molar-refractivity contribution >= 4 is 95.8 Å². The van der Waals surface area contributed by atoms with Crippen LogP contribution in [0.1, 0.15) is 0 Å². The molecule has 0 aliphatic heterocycles. The SMILES string of the molecule is O=[N+]([O-])c1ccc([O-])c([N+](=O)[O][Pb][O][N+](=O)c2cc([N+](=O)[O-])ccc2[O-])c1.O=[N+]([O-])c1ccc([O-])c([N+](=O)[O][Pb][O][N+](=O)c2cc([N+](=O)[O-])ccc2[O-])c1. The van der Waals surface area contributed by atoms with Crippen molar-refractivity contribution in [3.05, 3.63) is 133 Å². The standard InChI is InChI=1S/4C6H4N2O5.2Pb/c4*9-6-2-1-4(7(10)11)3-5(6)8(12)13;;/h4*1-3,9H;;/q;;;;2*+2/p-4. The molecule has 276 valence electrons. The van der Waals surface area contributed by atoms with Gasteiger partial charge in [-0.2, -0.15) is 0 Å². The summed E-state index contributed by atoms with van der Waals surface area (Å²) < 4.78 is 18.4. The first-order chi connectivity index (χ1) is 25.4. The molecule has 4 aromatic rings. The quantitative estimate of drug-likeness (QED) is 0.0862. The van der Waals surface area contributed by atoms with E-state index in [0.717, 1.165) is 48.5 Å². The van der Waals surface area contributed by atoms with Crippen LogP contribution in [-0.4, -0.2) is 89.7 Å². The molecule has 0 N–H and O–H groups in total. The van der Waals surface area contributed by atoms with E-state index < -0.39 is 138 Å². The van der Waals surface area contributed by atoms with Gasteiger partial charge in [0, 0.05) is 0 Å². The molecule has 54 heavy (non-hydrogen) atoms. The third-order valence-corrected chi connectivity index (χ3v) is 9.62. The summed E-state index contributed by atoms with van der Waals surface area (Å²) >= 11 is -6.00. The van der Waals surface area contributed by atoms with E-state index in [2.05, 4.69) is 11.2 Å². The van der Waals surface area contributed by atoms with Gasteiger partial charge in [0.25, 0.3) is 0 Å². The van der Waals surface area contributed by atoms with E-state index in [9.17, 15) is 80.5 Å². The van der Waals surface area contributed by atoms with Gasteiger partial charge >= 0.3 is 323 Å². The van der Waals surface area contributed by atoms with Crippen LogP contribution < -0.4 is 20.4 Å². The topological polar surface area (TPSA) is 382 Å². The Bertz CT molecular complexity index is 1900. The Morgan fingerprint density at radius 1 is 0.352 bits per heavy atom. The van der Waals surface area contributed by atoms with Gasteiger partial charge in [-0.05, 0) is 0 Å². The van der Waals surface area contributed by atoms with E-state index in [1.807, 2.05) is 0 Å². The fraction of sp³-hybridized carbons (Fsp3) is 0. The van der Waals surface area contributed by atoms with Crippen molar-refractivity contribution in [1.82, 2.24) is 0 Å². The first-order valence-electron chi connectivity index (χ1n) is 13.3. The molecule has 0 saturated heterocycles. The monoisotopic (exact) mass is 1150 g/mol. The summed E-state index contributed by atoms with van der Waals surface area (Å²) in [6.07, 6.45) is 0. The summed E-state index contributed by atoms with van der Waals surface area (Å²) in [5.74, 6) is -3.45. The van der Waals surface area contributed by atoms with Crippen molar-refractivity contribution in [1.29, 1.82) is 0 Å². The van der Waals surface area contributed by atoms with Crippen LogP contribution >= 0.6 is 0 Å². The molecule has 4 rings (SSSR count). The fourth-order valence-electron chi connectivity index (χ4n) is 3.41. The van der Waals surface area contributed by atoms with E-state index in [0.29, 0.717) is 24.3 Å². The zero-order valence-electron chi connectivity index (χ0n) is 25.7. The Labute approximate surface area is 321 Å². The van der Waals surface area contributed by atoms with E-state index in [-0.39, 0.29) is 19.7 Å². The number of nitrogens with zero attached hydrogens (tertiary/aromatic N) is 8. The van der Waals surface area contributed by atoms with Gasteiger partial charge in [-0.1, -0.05) is 0 Å². The summed E-state index contributed by atoms with van der Waals surface area (Å²) in [5.41, 5.74) is -4.89. The van der Waals surface area contributed by atoms with Crippen LogP contribution in [0.5, 0.6) is 23.0 Å². The number of nitro benzene ring substituents is 4. The maximum absolute atomic E-state index is 11.7. The van der Waals surface area contributed by atoms with Crippen molar-refractivity contribution in [3.63, 3.8) is 0 Å². The Morgan fingerprint density at radius 3 is 0.704 bits per heavy atom. The molecule has 0 aliphatic rings. The van der Waals surface area contributed by atoms with Crippen molar-refractivity contribution in [3.8, 4) is 23.0 Å². The van der Waals surface area contributed by atoms with Crippen LogP contribution in [0.15, 0.2) is 72.8 Å². The summed E-state index contributed by atoms with van der Waals surface area (Å²) in [4.78, 5) is 85.0. The predicted octanol–water partition coefficient (Wildman–Crippen LogP) is 1.14. The van der Waals surface area contributed by atoms with Crippen LogP contribution in [-0.2, 0) is 11.2 Å². The summed E-state index contributed by atoms with van der Waals surface area (Å²) in [6.45, 7) is 0. The van der Waals surface area contributed by atoms with Crippen LogP contribution in [0, 0.1) is 60.1 Å². The molecule has 0 spiro atoms. The van der Waals surface area contributed by atoms with Gasteiger partial charge in [0.05, 0.1) is 0 Å². The second-order valence-corrected chi connectivity index (χ2v) is 13.3. The molecule has 0 atom stereocenters. The third kappa shape index (κ3) is 11.1. The van der Waals surface area contributed by atoms with Gasteiger partial charge in [0.2, 0.25) is 0 Å². The van der Waals surface area contributed by atoms with Gasteiger partial charge in [-0.3, -0.25) is 0 Å². The molecule has 0 heterocycles. The van der Waals surface area contributed by atoms with Crippen molar-refractivity contribution in [2.24, 2.45) is 0 Å². The van der Waals surface area contributed by atoms with Crippen LogP contribution in [0.4, 0.5) is 45.5 Å². The van der Waals surface area contributed by atoms with Crippen molar-refractivity contribution in [2.45, 2.75) is 0 Å². The van der Waals surface area contributed by atoms with Crippen LogP contribution in [0.25, 0.3) is 0 Å². The molecular formula is C24H12N8O20Pb2. The van der Waals surface area contributed by atoms with E-state index in [1.54, 1.807) is 0 Å². The molecule has 4 radical (unpaired) electrons. The predicted molar refractivity (Wildman–Crippen MR) is 159 cm³/mol. The van der Waals surface area contributed by atoms with Crippen LogP contribution in [0.3, 0.4) is 0 Å². The van der Waals surface area contributed by atoms with E-state index in [4.69, 9.17) is 0 Å². The average Bonchev–Trinajstić information content (AvgIpc) is 3.11. The minimum atomic E-state index is -3.00. The molecule has 0 aromatic heterocycles. The zero-order valence-corrected chi connectivity index (χ0v) is 33.4. The Morgan fingerprint density at radius 2 is 0.537 bits per heavy atom. The minimum absolute atomic E-state index is 0.322. The van der Waals surface area contributed by atoms with Gasteiger partial charge < -0.3 is 0 Å². The zero-order chi connectivity index (χ0) is 40.3. The molecule has 0 amide bonds. The second kappa shape index (κ2) is 18.6. The van der Waals surface area contributed by atoms with Crippen molar-refractivity contribution in [2.75, 3.05) is 0 Å². The summed E-state index contributed by atoms with van der Waals surface area (Å²) in [7, 11) is 0. The number of benzene rings is 4. The Hall–Kier alpha value is -6.88. The molecule has 4 aromatic carbocycles. The maximum atomic E-state index is 11.7. The molecule has 28 nitrogen and oxygen atoms in total. The van der Waals surface area contributed by atoms with Gasteiger partial charge in [0.1, 0.15) is 0 Å². The summed E-state index contributed by atoms with van der Waals surface area (Å²) in [5, 5.41) is 88.9. The van der Waals surface area contributed by atoms with Gasteiger partial charge in [-0.15, -0.1) is 0 Å². The Kier molecular flexibility index (Phi) is 14.3. The average molecular weight is 1150 g/mol. The first kappa shape index (κ1) is 41.5. The summed E-state index contributed by atoms with van der Waals surface area (Å²) in [6, 6.07) is 9.51. The first-order valence-corrected chi connectivity index (χ1v) is 19.6. The second-order valence-electron chi connectivity index (χ2n) is 9.20. The normalized spacial score (nSPS) is 10.1. The van der Waals surface area contributed by atoms with Gasteiger partial charge in [0.15, 0.2) is 0 Å². The molecule has 0 saturated carbocycles. The number of nitro groups is 4. The number of hydrogen-bond donors (Lipinski definition) is 0. The third-order valence-electron chi connectivity index (χ3n) is 5.88. The molecule has 0 unspecified atom stereocenters. The molecule has 0 fully saturated rings. The molecular weight excluding hydrogens is 1130 g/mol.